The van der Waals surface area contributed by atoms with E-state index < -0.39 is 0 Å². The molecular weight excluding hydrogens is 285 g/mol. The minimum Gasteiger partial charge on any atom is -0.359 e. The number of nitrogens with one attached hydrogen (secondary N) is 1. The summed E-state index contributed by atoms with van der Waals surface area (Å²) >= 11 is 12.0. The lowest BCUT2D eigenvalue weighted by atomic mass is 10.3. The van der Waals surface area contributed by atoms with Crippen LogP contribution in [0.4, 0.5) is 0 Å². The summed E-state index contributed by atoms with van der Waals surface area (Å²) in [5.41, 5.74) is 1.71. The zero-order chi connectivity index (χ0) is 13.8. The summed E-state index contributed by atoms with van der Waals surface area (Å²) in [5.74, 6) is 1.34. The fraction of sp³-hybridized carbons (Fsp3) is 0.385. The largest absolute Gasteiger partial charge is 0.359 e. The van der Waals surface area contributed by atoms with Crippen LogP contribution >= 0.6 is 23.2 Å². The molecule has 0 radical (unpaired) electrons. The van der Waals surface area contributed by atoms with Crippen LogP contribution in [0.5, 0.6) is 0 Å². The van der Waals surface area contributed by atoms with Crippen LogP contribution in [-0.2, 0) is 17.8 Å². The van der Waals surface area contributed by atoms with E-state index in [4.69, 9.17) is 23.2 Å². The number of carbonyl (C=O) groups is 1. The smallest absolute Gasteiger partial charge is 0.221 e. The fourth-order valence-corrected chi connectivity index (χ4v) is 2.49. The van der Waals surface area contributed by atoms with Crippen molar-refractivity contribution in [3.8, 4) is 0 Å². The molecule has 1 N–H and O–H groups in total. The number of aryl methyl sites for hydroxylation is 2. The molecule has 0 saturated carbocycles. The molecule has 0 spiro atoms. The number of fused-ring (bicyclic) bond motifs is 1. The molecule has 0 saturated heterocycles. The maximum Gasteiger partial charge on any atom is 0.221 e. The van der Waals surface area contributed by atoms with Gasteiger partial charge in [0.2, 0.25) is 5.91 Å². The van der Waals surface area contributed by atoms with Gasteiger partial charge in [0.25, 0.3) is 0 Å². The molecule has 2 aromatic rings. The third-order valence-electron chi connectivity index (χ3n) is 2.96. The van der Waals surface area contributed by atoms with E-state index in [1.165, 1.54) is 0 Å². The Hall–Kier alpha value is -1.26. The Morgan fingerprint density at radius 1 is 1.47 bits per heavy atom. The van der Waals surface area contributed by atoms with Crippen LogP contribution in [0.1, 0.15) is 12.2 Å². The Morgan fingerprint density at radius 3 is 2.95 bits per heavy atom. The number of halogens is 2. The van der Waals surface area contributed by atoms with E-state index in [2.05, 4.69) is 10.3 Å². The molecule has 19 heavy (non-hydrogen) atoms. The van der Waals surface area contributed by atoms with Gasteiger partial charge in [-0.15, -0.1) is 11.6 Å². The fourth-order valence-electron chi connectivity index (χ4n) is 2.04. The SMILES string of the molecule is CNC(=O)CCn1c(CCCl)nc2cccc(Cl)c21. The van der Waals surface area contributed by atoms with Crippen molar-refractivity contribution in [2.75, 3.05) is 12.9 Å². The molecule has 1 heterocycles. The maximum atomic E-state index is 11.4. The summed E-state index contributed by atoms with van der Waals surface area (Å²) in [7, 11) is 1.63. The first-order chi connectivity index (χ1) is 9.17. The van der Waals surface area contributed by atoms with Gasteiger partial charge in [0.15, 0.2) is 0 Å². The average molecular weight is 300 g/mol. The van der Waals surface area contributed by atoms with E-state index in [9.17, 15) is 4.79 Å². The molecule has 2 rings (SSSR count). The number of imidazole rings is 1. The summed E-state index contributed by atoms with van der Waals surface area (Å²) < 4.78 is 1.98. The lowest BCUT2D eigenvalue weighted by Gasteiger charge is -2.08. The third kappa shape index (κ3) is 3.01. The summed E-state index contributed by atoms with van der Waals surface area (Å²) in [4.78, 5) is 15.9. The van der Waals surface area contributed by atoms with Gasteiger partial charge in [0.05, 0.1) is 16.1 Å². The van der Waals surface area contributed by atoms with E-state index in [1.54, 1.807) is 7.05 Å². The van der Waals surface area contributed by atoms with Gasteiger partial charge < -0.3 is 9.88 Å². The third-order valence-corrected chi connectivity index (χ3v) is 3.45. The molecule has 0 bridgehead atoms. The summed E-state index contributed by atoms with van der Waals surface area (Å²) in [6.45, 7) is 0.548. The zero-order valence-corrected chi connectivity index (χ0v) is 12.1. The predicted octanol–water partition coefficient (Wildman–Crippen LogP) is 2.61. The first-order valence-corrected chi connectivity index (χ1v) is 6.98. The Kier molecular flexibility index (Phi) is 4.66. The second kappa shape index (κ2) is 6.26. The summed E-state index contributed by atoms with van der Waals surface area (Å²) in [5, 5.41) is 3.25. The van der Waals surface area contributed by atoms with Crippen molar-refractivity contribution >= 4 is 40.1 Å². The van der Waals surface area contributed by atoms with E-state index in [0.717, 1.165) is 16.9 Å². The Balaban J connectivity index is 2.42. The van der Waals surface area contributed by atoms with Gasteiger partial charge in [-0.05, 0) is 12.1 Å². The van der Waals surface area contributed by atoms with Gasteiger partial charge in [-0.25, -0.2) is 4.98 Å². The number of rotatable bonds is 5. The Morgan fingerprint density at radius 2 is 2.26 bits per heavy atom. The first-order valence-electron chi connectivity index (χ1n) is 6.07. The highest BCUT2D eigenvalue weighted by Crippen LogP contribution is 2.25. The molecule has 1 aromatic heterocycles. The highest BCUT2D eigenvalue weighted by molar-refractivity contribution is 6.35. The predicted molar refractivity (Wildman–Crippen MR) is 77.9 cm³/mol. The molecule has 1 amide bonds. The Labute approximate surface area is 121 Å². The quantitative estimate of drug-likeness (QED) is 0.863. The minimum atomic E-state index is -0.00859. The maximum absolute atomic E-state index is 11.4. The number of hydrogen-bond acceptors (Lipinski definition) is 2. The van der Waals surface area contributed by atoms with Gasteiger partial charge >= 0.3 is 0 Å². The molecule has 0 fully saturated rings. The second-order valence-corrected chi connectivity index (χ2v) is 4.93. The summed E-state index contributed by atoms with van der Waals surface area (Å²) in [6.07, 6.45) is 1.04. The van der Waals surface area contributed by atoms with Gasteiger partial charge in [-0.2, -0.15) is 0 Å². The molecule has 1 aromatic carbocycles. The van der Waals surface area contributed by atoms with Crippen LogP contribution in [0.2, 0.25) is 5.02 Å². The lowest BCUT2D eigenvalue weighted by molar-refractivity contribution is -0.120. The van der Waals surface area contributed by atoms with Gasteiger partial charge in [-0.3, -0.25) is 4.79 Å². The average Bonchev–Trinajstić information content (AvgIpc) is 2.75. The normalized spacial score (nSPS) is 10.9. The van der Waals surface area contributed by atoms with Crippen LogP contribution in [0, 0.1) is 0 Å². The zero-order valence-electron chi connectivity index (χ0n) is 10.6. The molecule has 0 aliphatic carbocycles. The topological polar surface area (TPSA) is 46.9 Å². The number of amides is 1. The van der Waals surface area contributed by atoms with Crippen molar-refractivity contribution in [1.82, 2.24) is 14.9 Å². The highest BCUT2D eigenvalue weighted by Gasteiger charge is 2.13. The van der Waals surface area contributed by atoms with Crippen molar-refractivity contribution in [1.29, 1.82) is 0 Å². The first kappa shape index (κ1) is 14.2. The number of aromatic nitrogens is 2. The molecule has 0 unspecified atom stereocenters. The molecule has 0 atom stereocenters. The number of nitrogens with zero attached hydrogens (tertiary/aromatic N) is 2. The van der Waals surface area contributed by atoms with Crippen LogP contribution in [0.3, 0.4) is 0 Å². The number of alkyl halides is 1. The van der Waals surface area contributed by atoms with Gasteiger partial charge in [-0.1, -0.05) is 17.7 Å². The molecule has 6 heteroatoms. The van der Waals surface area contributed by atoms with Crippen LogP contribution < -0.4 is 5.32 Å². The van der Waals surface area contributed by atoms with E-state index in [-0.39, 0.29) is 5.91 Å². The number of benzene rings is 1. The van der Waals surface area contributed by atoms with Crippen LogP contribution in [0.15, 0.2) is 18.2 Å². The highest BCUT2D eigenvalue weighted by atomic mass is 35.5. The lowest BCUT2D eigenvalue weighted by Crippen LogP contribution is -2.20. The van der Waals surface area contributed by atoms with Crippen molar-refractivity contribution in [2.24, 2.45) is 0 Å². The molecular formula is C13H15Cl2N3O. The van der Waals surface area contributed by atoms with Crippen molar-refractivity contribution in [3.05, 3.63) is 29.0 Å². The van der Waals surface area contributed by atoms with Gasteiger partial charge in [0, 0.05) is 32.3 Å². The van der Waals surface area contributed by atoms with Crippen molar-refractivity contribution in [2.45, 2.75) is 19.4 Å². The van der Waals surface area contributed by atoms with Crippen molar-refractivity contribution in [3.63, 3.8) is 0 Å². The number of hydrogen-bond donors (Lipinski definition) is 1. The van der Waals surface area contributed by atoms with Crippen molar-refractivity contribution < 1.29 is 4.79 Å². The monoisotopic (exact) mass is 299 g/mol. The van der Waals surface area contributed by atoms with E-state index >= 15 is 0 Å². The van der Waals surface area contributed by atoms with Gasteiger partial charge in [0.1, 0.15) is 5.82 Å². The number of carbonyl (C=O) groups excluding carboxylic acids is 1. The van der Waals surface area contributed by atoms with E-state index in [1.807, 2.05) is 22.8 Å². The minimum absolute atomic E-state index is 0.00859. The number of para-hydroxylation sites is 1. The molecule has 102 valence electrons. The second-order valence-electron chi connectivity index (χ2n) is 4.15. The van der Waals surface area contributed by atoms with E-state index in [0.29, 0.717) is 30.3 Å². The molecule has 0 aliphatic rings. The molecule has 0 aliphatic heterocycles. The van der Waals surface area contributed by atoms with Crippen LogP contribution in [0.25, 0.3) is 11.0 Å². The van der Waals surface area contributed by atoms with Crippen LogP contribution in [-0.4, -0.2) is 28.4 Å². The summed E-state index contributed by atoms with van der Waals surface area (Å²) in [6, 6.07) is 5.60. The standard InChI is InChI=1S/C13H15Cl2N3O/c1-16-12(19)6-8-18-11(5-7-14)17-10-4-2-3-9(15)13(10)18/h2-4H,5-8H2,1H3,(H,16,19). The molecule has 4 nitrogen and oxygen atoms in total. The Bertz CT molecular complexity index is 595.